The van der Waals surface area contributed by atoms with Crippen LogP contribution in [-0.2, 0) is 28.4 Å². The Morgan fingerprint density at radius 1 is 1.06 bits per heavy atom. The van der Waals surface area contributed by atoms with Crippen LogP contribution in [0.1, 0.15) is 45.4 Å². The van der Waals surface area contributed by atoms with E-state index in [2.05, 4.69) is 0 Å². The average molecular weight is 463 g/mol. The summed E-state index contributed by atoms with van der Waals surface area (Å²) in [7, 11) is -2.21. The lowest BCUT2D eigenvalue weighted by molar-refractivity contribution is -0.130. The first-order valence-corrected chi connectivity index (χ1v) is 12.7. The van der Waals surface area contributed by atoms with Crippen molar-refractivity contribution in [1.29, 1.82) is 0 Å². The molecule has 1 aromatic heterocycles. The summed E-state index contributed by atoms with van der Waals surface area (Å²) >= 11 is 0. The normalized spacial score (nSPS) is 20.2. The van der Waals surface area contributed by atoms with E-state index < -0.39 is 21.3 Å². The molecule has 2 aromatic rings. The fraction of sp³-hybridized carbons (Fsp3) is 0.591. The molecule has 0 saturated carbocycles. The molecule has 9 nitrogen and oxygen atoms in total. The van der Waals surface area contributed by atoms with Crippen LogP contribution in [0.4, 0.5) is 0 Å². The van der Waals surface area contributed by atoms with Crippen LogP contribution in [0.3, 0.4) is 0 Å². The highest BCUT2D eigenvalue weighted by atomic mass is 32.2. The molecule has 1 atom stereocenters. The van der Waals surface area contributed by atoms with Gasteiger partial charge in [0.15, 0.2) is 0 Å². The molecule has 1 amide bonds. The second-order valence-electron chi connectivity index (χ2n) is 8.78. The minimum atomic E-state index is -3.76. The van der Waals surface area contributed by atoms with Gasteiger partial charge in [-0.25, -0.2) is 13.2 Å². The Hall–Kier alpha value is -2.46. The third-order valence-corrected chi connectivity index (χ3v) is 8.69. The Bertz CT molecular complexity index is 1260. The summed E-state index contributed by atoms with van der Waals surface area (Å²) < 4.78 is 30.4. The molecule has 2 saturated heterocycles. The van der Waals surface area contributed by atoms with Crippen molar-refractivity contribution in [2.45, 2.75) is 62.9 Å². The van der Waals surface area contributed by atoms with Crippen LogP contribution in [-0.4, -0.2) is 58.3 Å². The lowest BCUT2D eigenvalue weighted by Crippen LogP contribution is -2.42. The zero-order chi connectivity index (χ0) is 23.0. The quantitative estimate of drug-likeness (QED) is 0.666. The number of carbonyl (C=O) groups is 1. The third-order valence-electron chi connectivity index (χ3n) is 6.68. The van der Waals surface area contributed by atoms with E-state index in [0.29, 0.717) is 25.2 Å². The second kappa shape index (κ2) is 8.82. The van der Waals surface area contributed by atoms with Crippen LogP contribution < -0.4 is 11.2 Å². The molecule has 2 aliphatic heterocycles. The Balaban J connectivity index is 1.71. The highest BCUT2D eigenvalue weighted by molar-refractivity contribution is 7.89. The van der Waals surface area contributed by atoms with Gasteiger partial charge in [-0.05, 0) is 50.8 Å². The molecule has 0 radical (unpaired) electrons. The number of amides is 1. The number of benzene rings is 1. The van der Waals surface area contributed by atoms with Gasteiger partial charge in [0.05, 0.1) is 15.8 Å². The molecule has 4 rings (SSSR count). The van der Waals surface area contributed by atoms with E-state index in [1.165, 1.54) is 27.1 Å². The van der Waals surface area contributed by atoms with Crippen molar-refractivity contribution >= 4 is 26.8 Å². The van der Waals surface area contributed by atoms with Gasteiger partial charge < -0.3 is 4.90 Å². The second-order valence-corrected chi connectivity index (χ2v) is 10.7. The molecule has 2 fully saturated rings. The Morgan fingerprint density at radius 3 is 2.44 bits per heavy atom. The van der Waals surface area contributed by atoms with Crippen LogP contribution in [0.25, 0.3) is 10.9 Å². The summed E-state index contributed by atoms with van der Waals surface area (Å²) in [6.07, 6.45) is 4.60. The van der Waals surface area contributed by atoms with Gasteiger partial charge in [-0.3, -0.25) is 18.7 Å². The van der Waals surface area contributed by atoms with E-state index in [9.17, 15) is 22.8 Å². The predicted octanol–water partition coefficient (Wildman–Crippen LogP) is 1.28. The van der Waals surface area contributed by atoms with Crippen molar-refractivity contribution in [3.8, 4) is 0 Å². The maximum atomic E-state index is 13.2. The Kier molecular flexibility index (Phi) is 6.26. The van der Waals surface area contributed by atoms with Gasteiger partial charge in [-0.2, -0.15) is 4.31 Å². The first-order valence-electron chi connectivity index (χ1n) is 11.2. The largest absolute Gasteiger partial charge is 0.343 e. The van der Waals surface area contributed by atoms with Gasteiger partial charge in [0.1, 0.15) is 0 Å². The van der Waals surface area contributed by atoms with E-state index in [1.54, 1.807) is 11.9 Å². The van der Waals surface area contributed by atoms with Crippen LogP contribution in [0.15, 0.2) is 32.7 Å². The monoisotopic (exact) mass is 462 g/mol. The van der Waals surface area contributed by atoms with Crippen LogP contribution in [0.5, 0.6) is 0 Å². The van der Waals surface area contributed by atoms with E-state index in [0.717, 1.165) is 36.7 Å². The molecule has 2 aliphatic rings. The number of hydrogen-bond donors (Lipinski definition) is 0. The summed E-state index contributed by atoms with van der Waals surface area (Å²) in [4.78, 5) is 40.2. The van der Waals surface area contributed by atoms with Crippen molar-refractivity contribution in [3.05, 3.63) is 39.0 Å². The number of aryl methyl sites for hydroxylation is 1. The summed E-state index contributed by atoms with van der Waals surface area (Å²) in [5, 5.41) is 0.159. The van der Waals surface area contributed by atoms with Crippen molar-refractivity contribution in [3.63, 3.8) is 0 Å². The highest BCUT2D eigenvalue weighted by Crippen LogP contribution is 2.26. The molecule has 32 heavy (non-hydrogen) atoms. The van der Waals surface area contributed by atoms with Crippen LogP contribution in [0, 0.1) is 0 Å². The molecule has 1 aromatic carbocycles. The lowest BCUT2D eigenvalue weighted by Gasteiger charge is -2.32. The van der Waals surface area contributed by atoms with Gasteiger partial charge in [0.25, 0.3) is 5.56 Å². The van der Waals surface area contributed by atoms with Gasteiger partial charge >= 0.3 is 5.69 Å². The lowest BCUT2D eigenvalue weighted by atomic mass is 10.1. The number of rotatable bonds is 5. The minimum absolute atomic E-state index is 0.0308. The molecular formula is C22H30N4O5S. The molecular weight excluding hydrogens is 432 g/mol. The Labute approximate surface area is 187 Å². The molecule has 0 unspecified atom stereocenters. The number of likely N-dealkylation sites (tertiary alicyclic amines) is 1. The fourth-order valence-electron chi connectivity index (χ4n) is 4.75. The van der Waals surface area contributed by atoms with E-state index in [-0.39, 0.29) is 35.2 Å². The number of piperidine rings is 1. The summed E-state index contributed by atoms with van der Waals surface area (Å²) in [5.41, 5.74) is -0.717. The topological polar surface area (TPSA) is 102 Å². The third kappa shape index (κ3) is 4.01. The number of sulfonamides is 1. The molecule has 0 N–H and O–H groups in total. The SMILES string of the molecule is C[C@H]1CCCCN1S(=O)(=O)c1ccc2c(c1)c(=O)n(CCC(=O)N1CCCC1)c(=O)n2C. The standard InChI is InChI=1S/C22H30N4O5S/c1-16-7-3-4-13-26(16)32(30,31)17-8-9-19-18(15-17)21(28)25(22(29)23(19)2)14-10-20(27)24-11-5-6-12-24/h8-9,15-16H,3-7,10-14H2,1-2H3/t16-/m0/s1. The molecule has 10 heteroatoms. The van der Waals surface area contributed by atoms with Crippen molar-refractivity contribution in [1.82, 2.24) is 18.3 Å². The first-order chi connectivity index (χ1) is 15.2. The van der Waals surface area contributed by atoms with Crippen molar-refractivity contribution in [2.75, 3.05) is 19.6 Å². The van der Waals surface area contributed by atoms with Gasteiger partial charge in [-0.15, -0.1) is 0 Å². The number of nitrogens with zero attached hydrogens (tertiary/aromatic N) is 4. The maximum Gasteiger partial charge on any atom is 0.331 e. The van der Waals surface area contributed by atoms with E-state index in [1.807, 2.05) is 6.92 Å². The smallest absolute Gasteiger partial charge is 0.331 e. The zero-order valence-electron chi connectivity index (χ0n) is 18.6. The van der Waals surface area contributed by atoms with Crippen molar-refractivity contribution in [2.24, 2.45) is 7.05 Å². The molecule has 174 valence electrons. The van der Waals surface area contributed by atoms with Crippen molar-refractivity contribution < 1.29 is 13.2 Å². The number of fused-ring (bicyclic) bond motifs is 1. The van der Waals surface area contributed by atoms with Crippen LogP contribution in [0.2, 0.25) is 0 Å². The predicted molar refractivity (Wildman–Crippen MR) is 121 cm³/mol. The number of carbonyl (C=O) groups excluding carboxylic acids is 1. The summed E-state index contributed by atoms with van der Waals surface area (Å²) in [6, 6.07) is 4.24. The summed E-state index contributed by atoms with van der Waals surface area (Å²) in [5.74, 6) is -0.0769. The fourth-order valence-corrected chi connectivity index (χ4v) is 6.48. The van der Waals surface area contributed by atoms with Gasteiger partial charge in [0, 0.05) is 45.7 Å². The van der Waals surface area contributed by atoms with Gasteiger partial charge in [0.2, 0.25) is 15.9 Å². The maximum absolute atomic E-state index is 13.2. The molecule has 0 aliphatic carbocycles. The summed E-state index contributed by atoms with van der Waals surface area (Å²) in [6.45, 7) is 3.74. The molecule has 3 heterocycles. The van der Waals surface area contributed by atoms with Crippen LogP contribution >= 0.6 is 0 Å². The Morgan fingerprint density at radius 2 is 1.75 bits per heavy atom. The van der Waals surface area contributed by atoms with E-state index in [4.69, 9.17) is 0 Å². The minimum Gasteiger partial charge on any atom is -0.343 e. The van der Waals surface area contributed by atoms with Gasteiger partial charge in [-0.1, -0.05) is 6.42 Å². The molecule has 0 spiro atoms. The first kappa shape index (κ1) is 22.7. The zero-order valence-corrected chi connectivity index (χ0v) is 19.4. The average Bonchev–Trinajstić information content (AvgIpc) is 3.32. The molecule has 0 bridgehead atoms. The van der Waals surface area contributed by atoms with E-state index >= 15 is 0 Å². The number of hydrogen-bond acceptors (Lipinski definition) is 5. The number of aromatic nitrogens is 2. The highest BCUT2D eigenvalue weighted by Gasteiger charge is 2.31.